The molecule has 0 N–H and O–H groups in total. The lowest BCUT2D eigenvalue weighted by Crippen LogP contribution is -2.72. The van der Waals surface area contributed by atoms with Crippen LogP contribution in [0.25, 0.3) is 0 Å². The van der Waals surface area contributed by atoms with Gasteiger partial charge in [-0.2, -0.15) is 0 Å². The minimum Gasteiger partial charge on any atom is -0.497 e. The molecule has 0 unspecified atom stereocenters. The number of rotatable bonds is 3. The van der Waals surface area contributed by atoms with Crippen molar-refractivity contribution in [3.8, 4) is 5.75 Å². The Morgan fingerprint density at radius 1 is 1.24 bits per heavy atom. The molecule has 3 atom stereocenters. The normalized spacial score (nSPS) is 33.3. The van der Waals surface area contributed by atoms with Crippen LogP contribution in [0.15, 0.2) is 24.3 Å². The van der Waals surface area contributed by atoms with Gasteiger partial charge in [0, 0.05) is 17.9 Å². The predicted octanol–water partition coefficient (Wildman–Crippen LogP) is 4.26. The summed E-state index contributed by atoms with van der Waals surface area (Å²) in [5, 5.41) is 0. The van der Waals surface area contributed by atoms with E-state index in [1.165, 1.54) is 18.7 Å². The van der Waals surface area contributed by atoms with Gasteiger partial charge in [-0.05, 0) is 17.5 Å². The zero-order valence-electron chi connectivity index (χ0n) is 15.8. The van der Waals surface area contributed by atoms with Crippen molar-refractivity contribution >= 4 is 17.7 Å². The first kappa shape index (κ1) is 18.5. The van der Waals surface area contributed by atoms with E-state index in [1.54, 1.807) is 7.11 Å². The van der Waals surface area contributed by atoms with Crippen molar-refractivity contribution in [1.29, 1.82) is 0 Å². The van der Waals surface area contributed by atoms with E-state index in [1.807, 2.05) is 24.3 Å². The lowest BCUT2D eigenvalue weighted by atomic mass is 9.57. The molecule has 0 saturated carbocycles. The van der Waals surface area contributed by atoms with E-state index in [2.05, 4.69) is 34.6 Å². The third-order valence-corrected chi connectivity index (χ3v) is 7.12. The van der Waals surface area contributed by atoms with Gasteiger partial charge in [0.15, 0.2) is 11.0 Å². The largest absolute Gasteiger partial charge is 0.497 e. The van der Waals surface area contributed by atoms with Crippen molar-refractivity contribution in [3.05, 3.63) is 29.8 Å². The summed E-state index contributed by atoms with van der Waals surface area (Å²) in [5.74, 6) is 0.441. The van der Waals surface area contributed by atoms with Crippen molar-refractivity contribution in [3.63, 3.8) is 0 Å². The highest BCUT2D eigenvalue weighted by Gasteiger charge is 2.84. The van der Waals surface area contributed by atoms with Crippen LogP contribution in [-0.4, -0.2) is 24.1 Å². The summed E-state index contributed by atoms with van der Waals surface area (Å²) in [5.41, 5.74) is -0.856. The highest BCUT2D eigenvalue weighted by Crippen LogP contribution is 2.76. The molecule has 1 aromatic carbocycles. The zero-order chi connectivity index (χ0) is 18.7. The number of ether oxygens (including phenoxy) is 2. The maximum Gasteiger partial charge on any atom is 0.303 e. The number of carbonyl (C=O) groups is 1. The standard InChI is InChI=1S/C19H26O5S/c1-12(20)22-15-17(5,6)19(16(2,3)4)18(25-15,23-24-19)13-9-8-10-14(11-13)21-7/h8-11,15H,1-7H3/t15-,18-,19+/m1/s1. The number of carbonyl (C=O) groups excluding carboxylic acids is 1. The second-order valence-corrected chi connectivity index (χ2v) is 9.47. The fourth-order valence-electron chi connectivity index (χ4n) is 4.35. The summed E-state index contributed by atoms with van der Waals surface area (Å²) >= 11 is 1.50. The van der Waals surface area contributed by atoms with E-state index >= 15 is 0 Å². The van der Waals surface area contributed by atoms with Crippen LogP contribution in [0.4, 0.5) is 0 Å². The van der Waals surface area contributed by atoms with Gasteiger partial charge in [-0.1, -0.05) is 58.5 Å². The Bertz CT molecular complexity index is 695. The van der Waals surface area contributed by atoms with E-state index in [0.717, 1.165) is 11.3 Å². The van der Waals surface area contributed by atoms with E-state index in [4.69, 9.17) is 19.2 Å². The molecule has 0 aliphatic carbocycles. The van der Waals surface area contributed by atoms with Gasteiger partial charge in [0.25, 0.3) is 0 Å². The molecular formula is C19H26O5S. The fourth-order valence-corrected chi connectivity index (χ4v) is 6.40. The summed E-state index contributed by atoms with van der Waals surface area (Å²) < 4.78 is 11.1. The van der Waals surface area contributed by atoms with Crippen LogP contribution in [0.1, 0.15) is 47.1 Å². The zero-order valence-corrected chi connectivity index (χ0v) is 16.7. The van der Waals surface area contributed by atoms with E-state index in [-0.39, 0.29) is 11.4 Å². The second kappa shape index (κ2) is 5.63. The highest BCUT2D eigenvalue weighted by atomic mass is 32.2. The highest BCUT2D eigenvalue weighted by molar-refractivity contribution is 8.01. The molecule has 5 nitrogen and oxygen atoms in total. The Hall–Kier alpha value is -1.24. The molecule has 0 radical (unpaired) electrons. The molecule has 2 aliphatic rings. The molecule has 138 valence electrons. The van der Waals surface area contributed by atoms with Gasteiger partial charge >= 0.3 is 5.97 Å². The van der Waals surface area contributed by atoms with Crippen LogP contribution in [0, 0.1) is 10.8 Å². The van der Waals surface area contributed by atoms with E-state index in [0.29, 0.717) is 0 Å². The van der Waals surface area contributed by atoms with Gasteiger partial charge in [0.2, 0.25) is 4.93 Å². The Balaban J connectivity index is 2.18. The number of methoxy groups -OCH3 is 1. The second-order valence-electron chi connectivity index (χ2n) is 8.23. The van der Waals surface area contributed by atoms with Gasteiger partial charge in [-0.25, -0.2) is 9.78 Å². The molecule has 0 spiro atoms. The topological polar surface area (TPSA) is 54.0 Å². The van der Waals surface area contributed by atoms with Crippen LogP contribution < -0.4 is 4.74 Å². The number of thioether (sulfide) groups is 1. The van der Waals surface area contributed by atoms with Gasteiger partial charge in [-0.15, -0.1) is 0 Å². The van der Waals surface area contributed by atoms with E-state index < -0.39 is 21.4 Å². The molecule has 0 amide bonds. The van der Waals surface area contributed by atoms with Crippen LogP contribution in [0.5, 0.6) is 5.75 Å². The number of benzene rings is 1. The van der Waals surface area contributed by atoms with Gasteiger partial charge in [0.05, 0.1) is 7.11 Å². The number of hydrogen-bond acceptors (Lipinski definition) is 6. The monoisotopic (exact) mass is 366 g/mol. The van der Waals surface area contributed by atoms with Gasteiger partial charge in [0.1, 0.15) is 5.75 Å². The Kier molecular flexibility index (Phi) is 4.18. The summed E-state index contributed by atoms with van der Waals surface area (Å²) in [6.45, 7) is 12.0. The smallest absolute Gasteiger partial charge is 0.303 e. The van der Waals surface area contributed by atoms with E-state index in [9.17, 15) is 4.79 Å². The number of esters is 1. The fraction of sp³-hybridized carbons (Fsp3) is 0.632. The van der Waals surface area contributed by atoms with Crippen LogP contribution in [-0.2, 0) is 24.2 Å². The van der Waals surface area contributed by atoms with Crippen molar-refractivity contribution < 1.29 is 24.0 Å². The average Bonchev–Trinajstić information content (AvgIpc) is 2.60. The molecule has 2 fully saturated rings. The SMILES string of the molecule is COc1cccc([C@]23OO[C@@]2(C(C)(C)C)C(C)(C)[C@H](OC(C)=O)S3)c1. The van der Waals surface area contributed by atoms with Crippen molar-refractivity contribution in [2.75, 3.05) is 7.11 Å². The van der Waals surface area contributed by atoms with Gasteiger partial charge < -0.3 is 9.47 Å². The summed E-state index contributed by atoms with van der Waals surface area (Å²) in [7, 11) is 1.64. The summed E-state index contributed by atoms with van der Waals surface area (Å²) in [6.07, 6.45) is 0. The maximum absolute atomic E-state index is 11.7. The Labute approximate surface area is 153 Å². The molecule has 2 aliphatic heterocycles. The molecule has 3 rings (SSSR count). The quantitative estimate of drug-likeness (QED) is 0.589. The first-order valence-corrected chi connectivity index (χ1v) is 9.26. The summed E-state index contributed by atoms with van der Waals surface area (Å²) in [6, 6.07) is 7.80. The molecule has 25 heavy (non-hydrogen) atoms. The Morgan fingerprint density at radius 3 is 2.40 bits per heavy atom. The maximum atomic E-state index is 11.7. The minimum absolute atomic E-state index is 0.264. The van der Waals surface area contributed by atoms with Crippen LogP contribution >= 0.6 is 11.8 Å². The molecule has 2 heterocycles. The Morgan fingerprint density at radius 2 is 1.92 bits per heavy atom. The third-order valence-electron chi connectivity index (χ3n) is 5.30. The van der Waals surface area contributed by atoms with Crippen molar-refractivity contribution in [1.82, 2.24) is 0 Å². The van der Waals surface area contributed by atoms with Crippen molar-refractivity contribution in [2.45, 2.75) is 57.5 Å². The molecule has 0 bridgehead atoms. The molecular weight excluding hydrogens is 340 g/mol. The number of fused-ring (bicyclic) bond motifs is 1. The molecule has 1 aromatic rings. The first-order chi connectivity index (χ1) is 11.5. The lowest BCUT2D eigenvalue weighted by molar-refractivity contribution is -0.568. The first-order valence-electron chi connectivity index (χ1n) is 8.38. The summed E-state index contributed by atoms with van der Waals surface area (Å²) in [4.78, 5) is 22.6. The average molecular weight is 366 g/mol. The number of hydrogen-bond donors (Lipinski definition) is 0. The predicted molar refractivity (Wildman–Crippen MR) is 96.0 cm³/mol. The van der Waals surface area contributed by atoms with Crippen molar-refractivity contribution in [2.24, 2.45) is 10.8 Å². The molecule has 2 saturated heterocycles. The van der Waals surface area contributed by atoms with Gasteiger partial charge in [-0.3, -0.25) is 4.79 Å². The minimum atomic E-state index is -0.774. The molecule has 6 heteroatoms. The lowest BCUT2D eigenvalue weighted by Gasteiger charge is -2.62. The van der Waals surface area contributed by atoms with Crippen LogP contribution in [0.2, 0.25) is 0 Å². The third kappa shape index (κ3) is 2.27. The van der Waals surface area contributed by atoms with Crippen LogP contribution in [0.3, 0.4) is 0 Å². The molecule has 0 aromatic heterocycles.